The molecule has 0 aliphatic heterocycles. The third kappa shape index (κ3) is 2.85. The van der Waals surface area contributed by atoms with E-state index in [1.807, 2.05) is 0 Å². The van der Waals surface area contributed by atoms with Gasteiger partial charge in [-0.2, -0.15) is 0 Å². The molecule has 0 saturated carbocycles. The highest BCUT2D eigenvalue weighted by molar-refractivity contribution is 6.04. The molecule has 0 atom stereocenters. The minimum Gasteiger partial charge on any atom is -0.508 e. The lowest BCUT2D eigenvalue weighted by atomic mass is 10.1. The van der Waals surface area contributed by atoms with Crippen molar-refractivity contribution in [1.29, 1.82) is 0 Å². The molecule has 0 bridgehead atoms. The van der Waals surface area contributed by atoms with Crippen LogP contribution in [0.1, 0.15) is 21.5 Å². The van der Waals surface area contributed by atoms with Gasteiger partial charge >= 0.3 is 0 Å². The zero-order chi connectivity index (χ0) is 14.0. The standard InChI is InChI=1S/C15H15NO3/c1-9-7-11(8-10(2)14(9)18)15(19)16-12-3-5-13(17)6-4-12/h3-8,17-18H,1-2H3,(H,16,19). The maximum atomic E-state index is 12.1. The molecule has 0 heterocycles. The summed E-state index contributed by atoms with van der Waals surface area (Å²) in [6.45, 7) is 3.50. The van der Waals surface area contributed by atoms with E-state index in [-0.39, 0.29) is 17.4 Å². The molecule has 0 spiro atoms. The molecule has 0 aliphatic rings. The predicted molar refractivity (Wildman–Crippen MR) is 73.6 cm³/mol. The van der Waals surface area contributed by atoms with Gasteiger partial charge in [0.05, 0.1) is 0 Å². The molecule has 2 rings (SSSR count). The molecule has 0 fully saturated rings. The summed E-state index contributed by atoms with van der Waals surface area (Å²) in [5, 5.41) is 21.6. The number of hydrogen-bond donors (Lipinski definition) is 3. The third-order valence-corrected chi connectivity index (χ3v) is 2.88. The van der Waals surface area contributed by atoms with Crippen molar-refractivity contribution in [1.82, 2.24) is 0 Å². The molecule has 0 aliphatic carbocycles. The van der Waals surface area contributed by atoms with E-state index < -0.39 is 0 Å². The van der Waals surface area contributed by atoms with Crippen LogP contribution in [0.2, 0.25) is 0 Å². The first kappa shape index (κ1) is 13.0. The predicted octanol–water partition coefficient (Wildman–Crippen LogP) is 2.97. The highest BCUT2D eigenvalue weighted by Crippen LogP contribution is 2.23. The van der Waals surface area contributed by atoms with Crippen molar-refractivity contribution in [2.24, 2.45) is 0 Å². The van der Waals surface area contributed by atoms with Gasteiger partial charge in [-0.15, -0.1) is 0 Å². The largest absolute Gasteiger partial charge is 0.508 e. The Labute approximate surface area is 111 Å². The van der Waals surface area contributed by atoms with Crippen molar-refractivity contribution < 1.29 is 15.0 Å². The van der Waals surface area contributed by atoms with Crippen LogP contribution in [0.25, 0.3) is 0 Å². The minimum atomic E-state index is -0.253. The lowest BCUT2D eigenvalue weighted by Crippen LogP contribution is -2.12. The van der Waals surface area contributed by atoms with E-state index in [1.165, 1.54) is 12.1 Å². The van der Waals surface area contributed by atoms with E-state index >= 15 is 0 Å². The summed E-state index contributed by atoms with van der Waals surface area (Å²) in [4.78, 5) is 12.1. The Morgan fingerprint density at radius 2 is 1.53 bits per heavy atom. The van der Waals surface area contributed by atoms with Crippen molar-refractivity contribution in [2.45, 2.75) is 13.8 Å². The molecule has 4 nitrogen and oxygen atoms in total. The van der Waals surface area contributed by atoms with Crippen LogP contribution in [0.3, 0.4) is 0 Å². The molecule has 2 aromatic rings. The van der Waals surface area contributed by atoms with Gasteiger partial charge in [0, 0.05) is 11.3 Å². The fraction of sp³-hybridized carbons (Fsp3) is 0.133. The second-order valence-electron chi connectivity index (χ2n) is 4.46. The van der Waals surface area contributed by atoms with Crippen LogP contribution in [-0.4, -0.2) is 16.1 Å². The van der Waals surface area contributed by atoms with Crippen LogP contribution in [0, 0.1) is 13.8 Å². The van der Waals surface area contributed by atoms with Crippen LogP contribution in [0.15, 0.2) is 36.4 Å². The van der Waals surface area contributed by atoms with Crippen molar-refractivity contribution in [2.75, 3.05) is 5.32 Å². The molecular weight excluding hydrogens is 242 g/mol. The van der Waals surface area contributed by atoms with Crippen LogP contribution in [0.5, 0.6) is 11.5 Å². The van der Waals surface area contributed by atoms with E-state index in [2.05, 4.69) is 5.32 Å². The van der Waals surface area contributed by atoms with E-state index in [9.17, 15) is 15.0 Å². The van der Waals surface area contributed by atoms with Crippen molar-refractivity contribution in [3.05, 3.63) is 53.1 Å². The lowest BCUT2D eigenvalue weighted by Gasteiger charge is -2.09. The van der Waals surface area contributed by atoms with Crippen molar-refractivity contribution in [3.8, 4) is 11.5 Å². The summed E-state index contributed by atoms with van der Waals surface area (Å²) in [5.41, 5.74) is 2.42. The molecule has 19 heavy (non-hydrogen) atoms. The smallest absolute Gasteiger partial charge is 0.255 e. The molecule has 1 amide bonds. The Kier molecular flexibility index (Phi) is 3.42. The van der Waals surface area contributed by atoms with Gasteiger partial charge in [0.25, 0.3) is 5.91 Å². The Bertz CT molecular complexity index is 595. The fourth-order valence-electron chi connectivity index (χ4n) is 1.84. The maximum Gasteiger partial charge on any atom is 0.255 e. The van der Waals surface area contributed by atoms with E-state index in [0.717, 1.165) is 0 Å². The number of phenolic OH excluding ortho intramolecular Hbond substituents is 2. The molecule has 0 radical (unpaired) electrons. The second-order valence-corrected chi connectivity index (χ2v) is 4.46. The molecule has 0 saturated heterocycles. The molecule has 0 aromatic heterocycles. The Morgan fingerprint density at radius 3 is 2.05 bits per heavy atom. The fourth-order valence-corrected chi connectivity index (χ4v) is 1.84. The molecule has 4 heteroatoms. The number of amides is 1. The highest BCUT2D eigenvalue weighted by Gasteiger charge is 2.10. The Balaban J connectivity index is 2.23. The van der Waals surface area contributed by atoms with Gasteiger partial charge in [-0.3, -0.25) is 4.79 Å². The number of anilines is 1. The number of aryl methyl sites for hydroxylation is 2. The zero-order valence-electron chi connectivity index (χ0n) is 10.8. The number of phenols is 2. The van der Waals surface area contributed by atoms with Crippen LogP contribution in [-0.2, 0) is 0 Å². The average Bonchev–Trinajstić information content (AvgIpc) is 2.38. The van der Waals surface area contributed by atoms with Gasteiger partial charge in [0.1, 0.15) is 11.5 Å². The molecule has 3 N–H and O–H groups in total. The minimum absolute atomic E-state index is 0.148. The van der Waals surface area contributed by atoms with Crippen molar-refractivity contribution >= 4 is 11.6 Å². The summed E-state index contributed by atoms with van der Waals surface area (Å²) in [7, 11) is 0. The Morgan fingerprint density at radius 1 is 1.00 bits per heavy atom. The van der Waals surface area contributed by atoms with E-state index in [0.29, 0.717) is 22.4 Å². The third-order valence-electron chi connectivity index (χ3n) is 2.88. The van der Waals surface area contributed by atoms with E-state index in [1.54, 1.807) is 38.1 Å². The second kappa shape index (κ2) is 5.02. The molecule has 2 aromatic carbocycles. The normalized spacial score (nSPS) is 10.2. The SMILES string of the molecule is Cc1cc(C(=O)Nc2ccc(O)cc2)cc(C)c1O. The highest BCUT2D eigenvalue weighted by atomic mass is 16.3. The average molecular weight is 257 g/mol. The number of carbonyl (C=O) groups excluding carboxylic acids is 1. The first-order valence-corrected chi connectivity index (χ1v) is 5.88. The molecular formula is C15H15NO3. The van der Waals surface area contributed by atoms with E-state index in [4.69, 9.17) is 0 Å². The van der Waals surface area contributed by atoms with Crippen LogP contribution < -0.4 is 5.32 Å². The summed E-state index contributed by atoms with van der Waals surface area (Å²) in [6, 6.07) is 9.52. The van der Waals surface area contributed by atoms with Crippen LogP contribution >= 0.6 is 0 Å². The number of nitrogens with one attached hydrogen (secondary N) is 1. The van der Waals surface area contributed by atoms with Gasteiger partial charge < -0.3 is 15.5 Å². The summed E-state index contributed by atoms with van der Waals surface area (Å²) >= 11 is 0. The van der Waals surface area contributed by atoms with Gasteiger partial charge in [0.2, 0.25) is 0 Å². The summed E-state index contributed by atoms with van der Waals surface area (Å²) in [6.07, 6.45) is 0. The first-order valence-electron chi connectivity index (χ1n) is 5.88. The topological polar surface area (TPSA) is 69.6 Å². The van der Waals surface area contributed by atoms with Crippen molar-refractivity contribution in [3.63, 3.8) is 0 Å². The lowest BCUT2D eigenvalue weighted by molar-refractivity contribution is 0.102. The monoisotopic (exact) mass is 257 g/mol. The zero-order valence-corrected chi connectivity index (χ0v) is 10.8. The number of aromatic hydroxyl groups is 2. The molecule has 98 valence electrons. The van der Waals surface area contributed by atoms with Gasteiger partial charge in [-0.1, -0.05) is 0 Å². The maximum absolute atomic E-state index is 12.1. The summed E-state index contributed by atoms with van der Waals surface area (Å²) in [5.74, 6) is 0.104. The number of carbonyl (C=O) groups is 1. The number of benzene rings is 2. The number of hydrogen-bond acceptors (Lipinski definition) is 3. The van der Waals surface area contributed by atoms with Gasteiger partial charge in [0.15, 0.2) is 0 Å². The summed E-state index contributed by atoms with van der Waals surface area (Å²) < 4.78 is 0. The first-order chi connectivity index (χ1) is 8.97. The number of rotatable bonds is 2. The van der Waals surface area contributed by atoms with Gasteiger partial charge in [-0.05, 0) is 61.4 Å². The van der Waals surface area contributed by atoms with Crippen LogP contribution in [0.4, 0.5) is 5.69 Å². The van der Waals surface area contributed by atoms with Gasteiger partial charge in [-0.25, -0.2) is 0 Å². The quantitative estimate of drug-likeness (QED) is 0.724. The molecule has 0 unspecified atom stereocenters. The Hall–Kier alpha value is -2.49.